The minimum Gasteiger partial charge on any atom is -0.494 e. The van der Waals surface area contributed by atoms with Crippen LogP contribution >= 0.6 is 0 Å². The van der Waals surface area contributed by atoms with Crippen molar-refractivity contribution in [2.24, 2.45) is 0 Å². The van der Waals surface area contributed by atoms with Crippen molar-refractivity contribution in [1.29, 1.82) is 0 Å². The van der Waals surface area contributed by atoms with Crippen molar-refractivity contribution in [2.45, 2.75) is 64.8 Å². The summed E-state index contributed by atoms with van der Waals surface area (Å²) in [5, 5.41) is 6.87. The zero-order chi connectivity index (χ0) is 22.4. The zero-order valence-corrected chi connectivity index (χ0v) is 18.9. The molecule has 2 aromatic rings. The number of ether oxygens (including phenoxy) is 1. The minimum atomic E-state index is -0.116. The van der Waals surface area contributed by atoms with Gasteiger partial charge in [-0.25, -0.2) is 0 Å². The van der Waals surface area contributed by atoms with E-state index in [2.05, 4.69) is 43.4 Å². The summed E-state index contributed by atoms with van der Waals surface area (Å²) in [5.74, 6) is 1.36. The van der Waals surface area contributed by atoms with E-state index in [1.165, 1.54) is 5.56 Å². The monoisotopic (exact) mass is 427 g/mol. The summed E-state index contributed by atoms with van der Waals surface area (Å²) >= 11 is 0. The lowest BCUT2D eigenvalue weighted by Gasteiger charge is -2.31. The van der Waals surface area contributed by atoms with Crippen LogP contribution in [0, 0.1) is 6.92 Å². The molecular formula is C24H33N3O4. The zero-order valence-electron chi connectivity index (χ0n) is 18.9. The van der Waals surface area contributed by atoms with Crippen LogP contribution in [0.4, 0.5) is 0 Å². The fraction of sp³-hybridized carbons (Fsp3) is 0.542. The number of aromatic nitrogens is 1. The van der Waals surface area contributed by atoms with Gasteiger partial charge in [0.05, 0.1) is 6.61 Å². The molecule has 0 spiro atoms. The minimum absolute atomic E-state index is 0.0311. The van der Waals surface area contributed by atoms with Gasteiger partial charge in [-0.3, -0.25) is 9.59 Å². The van der Waals surface area contributed by atoms with Gasteiger partial charge in [0, 0.05) is 31.6 Å². The highest BCUT2D eigenvalue weighted by Crippen LogP contribution is 2.24. The first-order valence-electron chi connectivity index (χ1n) is 11.0. The molecule has 2 amide bonds. The molecule has 1 N–H and O–H groups in total. The second kappa shape index (κ2) is 9.98. The van der Waals surface area contributed by atoms with Gasteiger partial charge in [-0.1, -0.05) is 38.1 Å². The Morgan fingerprint density at radius 1 is 1.19 bits per heavy atom. The second-order valence-electron chi connectivity index (χ2n) is 9.18. The van der Waals surface area contributed by atoms with Crippen LogP contribution in [-0.2, 0) is 10.2 Å². The fourth-order valence-electron chi connectivity index (χ4n) is 3.63. The van der Waals surface area contributed by atoms with E-state index >= 15 is 0 Å². The van der Waals surface area contributed by atoms with Gasteiger partial charge in [0.25, 0.3) is 5.91 Å². The highest BCUT2D eigenvalue weighted by Gasteiger charge is 2.26. The molecule has 7 nitrogen and oxygen atoms in total. The number of hydrogen-bond donors (Lipinski definition) is 1. The molecule has 0 unspecified atom stereocenters. The van der Waals surface area contributed by atoms with Gasteiger partial charge in [-0.15, -0.1) is 0 Å². The summed E-state index contributed by atoms with van der Waals surface area (Å²) in [6.07, 6.45) is 2.57. The van der Waals surface area contributed by atoms with Gasteiger partial charge in [0.1, 0.15) is 11.5 Å². The van der Waals surface area contributed by atoms with Crippen LogP contribution in [0.1, 0.15) is 68.3 Å². The summed E-state index contributed by atoms with van der Waals surface area (Å²) < 4.78 is 10.7. The van der Waals surface area contributed by atoms with Crippen LogP contribution in [0.3, 0.4) is 0 Å². The summed E-state index contributed by atoms with van der Waals surface area (Å²) in [6, 6.07) is 9.89. The van der Waals surface area contributed by atoms with Crippen LogP contribution in [0.5, 0.6) is 5.75 Å². The normalized spacial score (nSPS) is 15.0. The summed E-state index contributed by atoms with van der Waals surface area (Å²) in [5.41, 5.74) is 1.73. The number of amides is 2. The Hall–Kier alpha value is -2.83. The Bertz CT molecular complexity index is 875. The molecule has 1 saturated heterocycles. The predicted octanol–water partition coefficient (Wildman–Crippen LogP) is 3.86. The third-order valence-corrected chi connectivity index (χ3v) is 5.53. The molecule has 0 bridgehead atoms. The van der Waals surface area contributed by atoms with Crippen LogP contribution in [0.25, 0.3) is 0 Å². The van der Waals surface area contributed by atoms with Gasteiger partial charge in [0.15, 0.2) is 5.69 Å². The standard InChI is InChI=1S/C24H33N3O4/c1-17-16-21(26-31-17)23(29)27-13-11-19(12-14-27)25-22(28)6-5-15-30-20-9-7-18(8-10-20)24(2,3)4/h7-10,16,19H,5-6,11-15H2,1-4H3,(H,25,28). The van der Waals surface area contributed by atoms with Gasteiger partial charge >= 0.3 is 0 Å². The van der Waals surface area contributed by atoms with Crippen molar-refractivity contribution in [1.82, 2.24) is 15.4 Å². The Morgan fingerprint density at radius 3 is 2.45 bits per heavy atom. The highest BCUT2D eigenvalue weighted by atomic mass is 16.5. The highest BCUT2D eigenvalue weighted by molar-refractivity contribution is 5.92. The number of benzene rings is 1. The van der Waals surface area contributed by atoms with Gasteiger partial charge in [-0.2, -0.15) is 0 Å². The topological polar surface area (TPSA) is 84.7 Å². The molecule has 0 atom stereocenters. The molecule has 2 heterocycles. The van der Waals surface area contributed by atoms with Crippen molar-refractivity contribution in [2.75, 3.05) is 19.7 Å². The lowest BCUT2D eigenvalue weighted by molar-refractivity contribution is -0.122. The third-order valence-electron chi connectivity index (χ3n) is 5.53. The molecule has 0 radical (unpaired) electrons. The van der Waals surface area contributed by atoms with Gasteiger partial charge in [-0.05, 0) is 49.3 Å². The van der Waals surface area contributed by atoms with Crippen molar-refractivity contribution < 1.29 is 18.8 Å². The van der Waals surface area contributed by atoms with Crippen LogP contribution < -0.4 is 10.1 Å². The van der Waals surface area contributed by atoms with E-state index in [1.54, 1.807) is 17.9 Å². The molecular weight excluding hydrogens is 394 g/mol. The maximum atomic E-state index is 12.4. The van der Waals surface area contributed by atoms with E-state index < -0.39 is 0 Å². The van der Waals surface area contributed by atoms with E-state index in [0.29, 0.717) is 44.0 Å². The fourth-order valence-corrected chi connectivity index (χ4v) is 3.63. The SMILES string of the molecule is Cc1cc(C(=O)N2CCC(NC(=O)CCCOc3ccc(C(C)(C)C)cc3)CC2)no1. The lowest BCUT2D eigenvalue weighted by atomic mass is 9.87. The van der Waals surface area contributed by atoms with Crippen LogP contribution in [-0.4, -0.2) is 47.6 Å². The first kappa shape index (κ1) is 22.8. The molecule has 3 rings (SSSR count). The largest absolute Gasteiger partial charge is 0.494 e. The first-order chi connectivity index (χ1) is 14.7. The summed E-state index contributed by atoms with van der Waals surface area (Å²) in [4.78, 5) is 26.4. The van der Waals surface area contributed by atoms with Crippen molar-refractivity contribution in [3.05, 3.63) is 47.3 Å². The molecule has 1 aromatic heterocycles. The number of hydrogen-bond acceptors (Lipinski definition) is 5. The first-order valence-corrected chi connectivity index (χ1v) is 11.0. The number of carbonyl (C=O) groups is 2. The van der Waals surface area contributed by atoms with Crippen LogP contribution in [0.2, 0.25) is 0 Å². The molecule has 1 fully saturated rings. The van der Waals surface area contributed by atoms with E-state index in [9.17, 15) is 9.59 Å². The van der Waals surface area contributed by atoms with E-state index in [-0.39, 0.29) is 23.3 Å². The number of carbonyl (C=O) groups excluding carboxylic acids is 2. The molecule has 7 heteroatoms. The molecule has 1 aromatic carbocycles. The Balaban J connectivity index is 1.32. The molecule has 0 saturated carbocycles. The van der Waals surface area contributed by atoms with Crippen molar-refractivity contribution in [3.8, 4) is 5.75 Å². The number of nitrogens with zero attached hydrogens (tertiary/aromatic N) is 2. The second-order valence-corrected chi connectivity index (χ2v) is 9.18. The molecule has 1 aliphatic rings. The van der Waals surface area contributed by atoms with Gasteiger partial charge < -0.3 is 19.5 Å². The molecule has 0 aliphatic carbocycles. The molecule has 168 valence electrons. The summed E-state index contributed by atoms with van der Waals surface area (Å²) in [7, 11) is 0. The van der Waals surface area contributed by atoms with E-state index in [1.807, 2.05) is 12.1 Å². The summed E-state index contributed by atoms with van der Waals surface area (Å²) in [6.45, 7) is 10.0. The maximum Gasteiger partial charge on any atom is 0.276 e. The van der Waals surface area contributed by atoms with E-state index in [0.717, 1.165) is 18.6 Å². The Morgan fingerprint density at radius 2 is 1.87 bits per heavy atom. The third kappa shape index (κ3) is 6.57. The van der Waals surface area contributed by atoms with Crippen molar-refractivity contribution >= 4 is 11.8 Å². The quantitative estimate of drug-likeness (QED) is 0.678. The van der Waals surface area contributed by atoms with E-state index in [4.69, 9.17) is 9.26 Å². The number of rotatable bonds is 7. The number of likely N-dealkylation sites (tertiary alicyclic amines) is 1. The Labute approximate surface area is 184 Å². The van der Waals surface area contributed by atoms with Gasteiger partial charge in [0.2, 0.25) is 5.91 Å². The maximum absolute atomic E-state index is 12.4. The number of nitrogens with one attached hydrogen (secondary N) is 1. The number of piperidine rings is 1. The number of aryl methyl sites for hydroxylation is 1. The average molecular weight is 428 g/mol. The molecule has 1 aliphatic heterocycles. The lowest BCUT2D eigenvalue weighted by Crippen LogP contribution is -2.46. The molecule has 31 heavy (non-hydrogen) atoms. The van der Waals surface area contributed by atoms with Crippen molar-refractivity contribution in [3.63, 3.8) is 0 Å². The van der Waals surface area contributed by atoms with Crippen LogP contribution in [0.15, 0.2) is 34.9 Å². The Kier molecular flexibility index (Phi) is 7.36. The predicted molar refractivity (Wildman–Crippen MR) is 118 cm³/mol. The average Bonchev–Trinajstić information content (AvgIpc) is 3.17. The smallest absolute Gasteiger partial charge is 0.276 e.